The molecule has 0 fully saturated rings. The molecule has 1 amide bonds. The molecule has 8 nitrogen and oxygen atoms in total. The summed E-state index contributed by atoms with van der Waals surface area (Å²) in [5.41, 5.74) is 2.54. The minimum absolute atomic E-state index is 0.273. The Morgan fingerprint density at radius 2 is 1.86 bits per heavy atom. The van der Waals surface area contributed by atoms with Crippen molar-refractivity contribution in [3.05, 3.63) is 74.4 Å². The summed E-state index contributed by atoms with van der Waals surface area (Å²) >= 11 is 6.20. The van der Waals surface area contributed by atoms with Crippen molar-refractivity contribution >= 4 is 28.4 Å². The highest BCUT2D eigenvalue weighted by molar-refractivity contribution is 6.30. The summed E-state index contributed by atoms with van der Waals surface area (Å²) in [4.78, 5) is 33.0. The van der Waals surface area contributed by atoms with Gasteiger partial charge >= 0.3 is 0 Å². The smallest absolute Gasteiger partial charge is 0.274 e. The van der Waals surface area contributed by atoms with Gasteiger partial charge in [-0.05, 0) is 70.0 Å². The molecule has 9 heteroatoms. The van der Waals surface area contributed by atoms with Crippen LogP contribution in [0.2, 0.25) is 5.02 Å². The SMILES string of the molecule is CCNC(=O)c1cc2c(-c3cc(C(C)(C)O)cnc3Oc3c(C)cc(Cl)cc3C)cn(C)c(=O)c2[nH]1. The number of pyridine rings is 2. The van der Waals surface area contributed by atoms with Gasteiger partial charge in [0.05, 0.1) is 5.60 Å². The van der Waals surface area contributed by atoms with Crippen LogP contribution < -0.4 is 15.6 Å². The molecule has 0 saturated heterocycles. The third-order valence-electron chi connectivity index (χ3n) is 6.02. The lowest BCUT2D eigenvalue weighted by Crippen LogP contribution is -2.23. The number of aliphatic hydroxyl groups is 1. The van der Waals surface area contributed by atoms with Crippen molar-refractivity contribution in [3.8, 4) is 22.8 Å². The Morgan fingerprint density at radius 3 is 2.47 bits per heavy atom. The van der Waals surface area contributed by atoms with E-state index in [0.29, 0.717) is 39.4 Å². The first kappa shape index (κ1) is 25.5. The van der Waals surface area contributed by atoms with Gasteiger partial charge in [-0.1, -0.05) is 11.6 Å². The maximum atomic E-state index is 12.9. The number of hydrogen-bond acceptors (Lipinski definition) is 5. The zero-order valence-electron chi connectivity index (χ0n) is 21.1. The molecule has 3 heterocycles. The third kappa shape index (κ3) is 4.74. The molecule has 1 aromatic carbocycles. The number of carbonyl (C=O) groups is 1. The fourth-order valence-electron chi connectivity index (χ4n) is 4.14. The Hall–Kier alpha value is -3.62. The lowest BCUT2D eigenvalue weighted by atomic mass is 9.96. The van der Waals surface area contributed by atoms with Gasteiger partial charge < -0.3 is 24.7 Å². The van der Waals surface area contributed by atoms with Crippen LogP contribution in [0.1, 0.15) is 48.0 Å². The molecular weight excluding hydrogens is 480 g/mol. The van der Waals surface area contributed by atoms with E-state index >= 15 is 0 Å². The molecular formula is C27H29ClN4O4. The number of aryl methyl sites for hydroxylation is 3. The van der Waals surface area contributed by atoms with Gasteiger partial charge in [0, 0.05) is 53.1 Å². The molecule has 3 aromatic heterocycles. The molecule has 0 unspecified atom stereocenters. The van der Waals surface area contributed by atoms with Crippen LogP contribution in [0.4, 0.5) is 0 Å². The number of benzene rings is 1. The standard InChI is InChI=1S/C27H29ClN4O4/c1-7-29-24(33)21-11-18-20(13-32(6)26(34)22(18)31-21)19-10-16(27(4,5)35)12-30-25(19)36-23-14(2)8-17(28)9-15(23)3/h8-13,31,35H,7H2,1-6H3,(H,29,33). The number of nitrogens with one attached hydrogen (secondary N) is 2. The van der Waals surface area contributed by atoms with Gasteiger partial charge in [-0.15, -0.1) is 0 Å². The summed E-state index contributed by atoms with van der Waals surface area (Å²) in [6.07, 6.45) is 3.25. The topological polar surface area (TPSA) is 109 Å². The molecule has 0 spiro atoms. The number of hydrogen-bond donors (Lipinski definition) is 3. The van der Waals surface area contributed by atoms with Crippen molar-refractivity contribution in [1.82, 2.24) is 19.9 Å². The highest BCUT2D eigenvalue weighted by Crippen LogP contribution is 2.39. The molecule has 0 saturated carbocycles. The number of H-pyrrole nitrogens is 1. The number of aromatic nitrogens is 3. The minimum Gasteiger partial charge on any atom is -0.438 e. The number of nitrogens with zero attached hydrogens (tertiary/aromatic N) is 2. The Kier molecular flexibility index (Phi) is 6.68. The summed E-state index contributed by atoms with van der Waals surface area (Å²) < 4.78 is 7.77. The van der Waals surface area contributed by atoms with E-state index in [1.165, 1.54) is 4.57 Å². The van der Waals surface area contributed by atoms with Gasteiger partial charge in [0.15, 0.2) is 0 Å². The van der Waals surface area contributed by atoms with Crippen molar-refractivity contribution in [2.45, 2.75) is 40.2 Å². The number of fused-ring (bicyclic) bond motifs is 1. The fourth-order valence-corrected chi connectivity index (χ4v) is 4.47. The van der Waals surface area contributed by atoms with Crippen LogP contribution in [0.5, 0.6) is 11.6 Å². The lowest BCUT2D eigenvalue weighted by molar-refractivity contribution is 0.0782. The first-order valence-electron chi connectivity index (χ1n) is 11.6. The van der Waals surface area contributed by atoms with Gasteiger partial charge in [-0.25, -0.2) is 4.98 Å². The van der Waals surface area contributed by atoms with Crippen LogP contribution in [0, 0.1) is 13.8 Å². The Balaban J connectivity index is 2.00. The maximum Gasteiger partial charge on any atom is 0.274 e. The van der Waals surface area contributed by atoms with Crippen LogP contribution in [-0.2, 0) is 12.6 Å². The van der Waals surface area contributed by atoms with E-state index in [0.717, 1.165) is 11.1 Å². The molecule has 0 aliphatic heterocycles. The second kappa shape index (κ2) is 9.44. The average molecular weight is 509 g/mol. The van der Waals surface area contributed by atoms with E-state index in [2.05, 4.69) is 15.3 Å². The third-order valence-corrected chi connectivity index (χ3v) is 6.24. The Bertz CT molecular complexity index is 1520. The molecule has 4 rings (SSSR count). The monoisotopic (exact) mass is 508 g/mol. The Labute approximate surface area is 213 Å². The van der Waals surface area contributed by atoms with Crippen LogP contribution in [0.3, 0.4) is 0 Å². The van der Waals surface area contributed by atoms with Crippen LogP contribution >= 0.6 is 11.6 Å². The van der Waals surface area contributed by atoms with Crippen molar-refractivity contribution in [1.29, 1.82) is 0 Å². The van der Waals surface area contributed by atoms with Crippen LogP contribution in [0.25, 0.3) is 22.0 Å². The van der Waals surface area contributed by atoms with E-state index in [9.17, 15) is 14.7 Å². The molecule has 0 aliphatic rings. The molecule has 188 valence electrons. The van der Waals surface area contributed by atoms with Gasteiger partial charge in [-0.3, -0.25) is 9.59 Å². The molecule has 3 N–H and O–H groups in total. The molecule has 0 atom stereocenters. The minimum atomic E-state index is -1.17. The zero-order valence-corrected chi connectivity index (χ0v) is 21.9. The van der Waals surface area contributed by atoms with E-state index in [1.54, 1.807) is 45.4 Å². The quantitative estimate of drug-likeness (QED) is 0.341. The average Bonchev–Trinajstić information content (AvgIpc) is 3.24. The van der Waals surface area contributed by atoms with Crippen LogP contribution in [-0.4, -0.2) is 32.1 Å². The lowest BCUT2D eigenvalue weighted by Gasteiger charge is -2.21. The molecule has 4 aromatic rings. The fraction of sp³-hybridized carbons (Fsp3) is 0.296. The van der Waals surface area contributed by atoms with Gasteiger partial charge in [0.2, 0.25) is 5.88 Å². The largest absolute Gasteiger partial charge is 0.438 e. The van der Waals surface area contributed by atoms with Crippen LogP contribution in [0.15, 0.2) is 41.5 Å². The van der Waals surface area contributed by atoms with Gasteiger partial charge in [0.1, 0.15) is 17.0 Å². The van der Waals surface area contributed by atoms with E-state index in [1.807, 2.05) is 32.9 Å². The number of halogens is 1. The first-order valence-corrected chi connectivity index (χ1v) is 12.0. The van der Waals surface area contributed by atoms with Gasteiger partial charge in [0.25, 0.3) is 11.5 Å². The van der Waals surface area contributed by atoms with Crippen molar-refractivity contribution in [3.63, 3.8) is 0 Å². The summed E-state index contributed by atoms with van der Waals surface area (Å²) in [5.74, 6) is 0.591. The molecule has 0 radical (unpaired) electrons. The second-order valence-electron chi connectivity index (χ2n) is 9.40. The highest BCUT2D eigenvalue weighted by atomic mass is 35.5. The second-order valence-corrected chi connectivity index (χ2v) is 9.83. The number of ether oxygens (including phenoxy) is 1. The first-order chi connectivity index (χ1) is 16.9. The molecule has 0 aliphatic carbocycles. The number of aromatic amines is 1. The zero-order chi connectivity index (χ0) is 26.4. The summed E-state index contributed by atoms with van der Waals surface area (Å²) in [6.45, 7) is 9.41. The Morgan fingerprint density at radius 1 is 1.19 bits per heavy atom. The number of carbonyl (C=O) groups excluding carboxylic acids is 1. The molecule has 0 bridgehead atoms. The van der Waals surface area contributed by atoms with E-state index in [-0.39, 0.29) is 28.6 Å². The maximum absolute atomic E-state index is 12.9. The highest BCUT2D eigenvalue weighted by Gasteiger charge is 2.24. The summed E-state index contributed by atoms with van der Waals surface area (Å²) in [5, 5.41) is 14.6. The molecule has 36 heavy (non-hydrogen) atoms. The predicted octanol–water partition coefficient (Wildman–Crippen LogP) is 4.97. The predicted molar refractivity (Wildman–Crippen MR) is 141 cm³/mol. The normalized spacial score (nSPS) is 11.7. The summed E-state index contributed by atoms with van der Waals surface area (Å²) in [7, 11) is 1.64. The number of rotatable bonds is 6. The van der Waals surface area contributed by atoms with E-state index < -0.39 is 5.60 Å². The van der Waals surface area contributed by atoms with Gasteiger partial charge in [-0.2, -0.15) is 0 Å². The van der Waals surface area contributed by atoms with E-state index in [4.69, 9.17) is 16.3 Å². The van der Waals surface area contributed by atoms with Crippen molar-refractivity contribution in [2.24, 2.45) is 7.05 Å². The van der Waals surface area contributed by atoms with Crippen molar-refractivity contribution in [2.75, 3.05) is 6.54 Å². The van der Waals surface area contributed by atoms with Crippen molar-refractivity contribution < 1.29 is 14.6 Å². The summed E-state index contributed by atoms with van der Waals surface area (Å²) in [6, 6.07) is 7.06. The number of amides is 1.